The Morgan fingerprint density at radius 1 is 1.11 bits per heavy atom. The Labute approximate surface area is 109 Å². The summed E-state index contributed by atoms with van der Waals surface area (Å²) in [7, 11) is 0. The Morgan fingerprint density at radius 2 is 1.72 bits per heavy atom. The lowest BCUT2D eigenvalue weighted by Gasteiger charge is -2.18. The molecule has 0 bridgehead atoms. The minimum Gasteiger partial charge on any atom is -0.314 e. The molecule has 0 aliphatic carbocycles. The van der Waals surface area contributed by atoms with Crippen molar-refractivity contribution in [1.82, 2.24) is 5.32 Å². The normalized spacial score (nSPS) is 14.5. The summed E-state index contributed by atoms with van der Waals surface area (Å²) in [5.74, 6) is -0.575. The van der Waals surface area contributed by atoms with Gasteiger partial charge in [-0.1, -0.05) is 13.8 Å². The van der Waals surface area contributed by atoms with E-state index in [0.717, 1.165) is 31.0 Å². The lowest BCUT2D eigenvalue weighted by Crippen LogP contribution is -2.28. The minimum absolute atomic E-state index is 0.408. The molecular weight excluding hydrogens is 232 g/mol. The summed E-state index contributed by atoms with van der Waals surface area (Å²) in [6.07, 6.45) is 2.85. The van der Waals surface area contributed by atoms with Gasteiger partial charge in [0.05, 0.1) is 0 Å². The first-order chi connectivity index (χ1) is 8.51. The quantitative estimate of drug-likeness (QED) is 0.778. The Hall–Kier alpha value is -0.960. The first-order valence-corrected chi connectivity index (χ1v) is 6.69. The van der Waals surface area contributed by atoms with Crippen LogP contribution in [-0.2, 0) is 6.42 Å². The van der Waals surface area contributed by atoms with Crippen LogP contribution in [0.3, 0.4) is 0 Å². The van der Waals surface area contributed by atoms with Gasteiger partial charge < -0.3 is 5.32 Å². The predicted molar refractivity (Wildman–Crippen MR) is 71.6 cm³/mol. The molecule has 0 amide bonds. The molecule has 1 N–H and O–H groups in total. The monoisotopic (exact) mass is 255 g/mol. The van der Waals surface area contributed by atoms with Crippen LogP contribution < -0.4 is 5.32 Å². The summed E-state index contributed by atoms with van der Waals surface area (Å²) < 4.78 is 26.1. The van der Waals surface area contributed by atoms with Crippen molar-refractivity contribution < 1.29 is 8.78 Å². The Bertz CT molecular complexity index is 345. The molecule has 0 saturated heterocycles. The zero-order valence-corrected chi connectivity index (χ0v) is 11.5. The van der Waals surface area contributed by atoms with Gasteiger partial charge in [-0.15, -0.1) is 0 Å². The summed E-state index contributed by atoms with van der Waals surface area (Å²) >= 11 is 0. The second-order valence-electron chi connectivity index (χ2n) is 5.18. The van der Waals surface area contributed by atoms with Gasteiger partial charge in [-0.05, 0) is 56.3 Å². The highest BCUT2D eigenvalue weighted by atomic mass is 19.1. The van der Waals surface area contributed by atoms with Gasteiger partial charge in [0, 0.05) is 12.1 Å². The van der Waals surface area contributed by atoms with Gasteiger partial charge >= 0.3 is 0 Å². The highest BCUT2D eigenvalue weighted by Crippen LogP contribution is 2.16. The van der Waals surface area contributed by atoms with E-state index in [0.29, 0.717) is 18.4 Å². The number of hydrogen-bond donors (Lipinski definition) is 1. The average molecular weight is 255 g/mol. The number of nitrogens with one attached hydrogen (secondary N) is 1. The van der Waals surface area contributed by atoms with Crippen LogP contribution in [0.1, 0.15) is 39.2 Å². The van der Waals surface area contributed by atoms with Crippen LogP contribution in [0.25, 0.3) is 0 Å². The van der Waals surface area contributed by atoms with E-state index in [-0.39, 0.29) is 0 Å². The zero-order chi connectivity index (χ0) is 13.5. The van der Waals surface area contributed by atoms with Crippen molar-refractivity contribution in [2.24, 2.45) is 5.92 Å². The zero-order valence-electron chi connectivity index (χ0n) is 11.5. The van der Waals surface area contributed by atoms with Crippen LogP contribution in [0.5, 0.6) is 0 Å². The number of halogens is 2. The molecule has 3 heteroatoms. The Kier molecular flexibility index (Phi) is 6.27. The van der Waals surface area contributed by atoms with Crippen molar-refractivity contribution in [3.63, 3.8) is 0 Å². The van der Waals surface area contributed by atoms with Crippen LogP contribution in [-0.4, -0.2) is 12.6 Å². The molecule has 0 spiro atoms. The van der Waals surface area contributed by atoms with Gasteiger partial charge in [-0.3, -0.25) is 0 Å². The van der Waals surface area contributed by atoms with E-state index >= 15 is 0 Å². The highest BCUT2D eigenvalue weighted by molar-refractivity contribution is 5.18. The van der Waals surface area contributed by atoms with E-state index in [9.17, 15) is 8.78 Å². The third kappa shape index (κ3) is 5.58. The fourth-order valence-corrected chi connectivity index (χ4v) is 2.29. The van der Waals surface area contributed by atoms with E-state index in [1.807, 2.05) is 0 Å². The van der Waals surface area contributed by atoms with Crippen LogP contribution in [0.2, 0.25) is 0 Å². The molecule has 0 aromatic heterocycles. The van der Waals surface area contributed by atoms with E-state index in [4.69, 9.17) is 0 Å². The van der Waals surface area contributed by atoms with E-state index in [1.54, 1.807) is 0 Å². The molecule has 1 nitrogen and oxygen atoms in total. The van der Waals surface area contributed by atoms with E-state index in [1.165, 1.54) is 12.1 Å². The third-order valence-electron chi connectivity index (χ3n) is 3.01. The number of rotatable bonds is 7. The van der Waals surface area contributed by atoms with Gasteiger partial charge in [0.15, 0.2) is 0 Å². The molecule has 18 heavy (non-hydrogen) atoms. The lowest BCUT2D eigenvalue weighted by molar-refractivity contribution is 0.419. The topological polar surface area (TPSA) is 12.0 Å². The van der Waals surface area contributed by atoms with Gasteiger partial charge in [0.2, 0.25) is 0 Å². The number of hydrogen-bond acceptors (Lipinski definition) is 1. The van der Waals surface area contributed by atoms with Crippen LogP contribution in [0, 0.1) is 17.6 Å². The van der Waals surface area contributed by atoms with Crippen molar-refractivity contribution in [2.45, 2.75) is 46.1 Å². The van der Waals surface area contributed by atoms with E-state index in [2.05, 4.69) is 26.1 Å². The van der Waals surface area contributed by atoms with Crippen molar-refractivity contribution in [2.75, 3.05) is 6.54 Å². The lowest BCUT2D eigenvalue weighted by atomic mass is 9.95. The van der Waals surface area contributed by atoms with Crippen molar-refractivity contribution in [3.05, 3.63) is 35.4 Å². The SMILES string of the molecule is CCCNC(C)CC(C)Cc1cc(F)cc(F)c1. The second-order valence-corrected chi connectivity index (χ2v) is 5.18. The molecule has 1 aromatic carbocycles. The standard InChI is InChI=1S/C15H23F2N/c1-4-5-18-12(3)6-11(2)7-13-8-14(16)10-15(17)9-13/h8-12,18H,4-7H2,1-3H3. The predicted octanol–water partition coefficient (Wildman–Crippen LogP) is 3.92. The van der Waals surface area contributed by atoms with Crippen molar-refractivity contribution in [1.29, 1.82) is 0 Å². The molecule has 0 saturated carbocycles. The Balaban J connectivity index is 2.46. The molecule has 2 unspecified atom stereocenters. The minimum atomic E-state index is -0.491. The summed E-state index contributed by atoms with van der Waals surface area (Å²) in [5.41, 5.74) is 0.739. The largest absolute Gasteiger partial charge is 0.314 e. The van der Waals surface area contributed by atoms with Gasteiger partial charge in [0.1, 0.15) is 11.6 Å². The van der Waals surface area contributed by atoms with Gasteiger partial charge in [-0.25, -0.2) is 8.78 Å². The van der Waals surface area contributed by atoms with Gasteiger partial charge in [0.25, 0.3) is 0 Å². The highest BCUT2D eigenvalue weighted by Gasteiger charge is 2.10. The molecule has 0 aliphatic rings. The smallest absolute Gasteiger partial charge is 0.126 e. The fraction of sp³-hybridized carbons (Fsp3) is 0.600. The first-order valence-electron chi connectivity index (χ1n) is 6.69. The van der Waals surface area contributed by atoms with E-state index < -0.39 is 11.6 Å². The number of benzene rings is 1. The molecular formula is C15H23F2N. The third-order valence-corrected chi connectivity index (χ3v) is 3.01. The summed E-state index contributed by atoms with van der Waals surface area (Å²) in [6.45, 7) is 7.42. The van der Waals surface area contributed by atoms with Crippen molar-refractivity contribution in [3.8, 4) is 0 Å². The molecule has 0 aliphatic heterocycles. The summed E-state index contributed by atoms with van der Waals surface area (Å²) in [5, 5.41) is 3.42. The molecule has 1 aromatic rings. The van der Waals surface area contributed by atoms with Crippen LogP contribution in [0.15, 0.2) is 18.2 Å². The molecule has 102 valence electrons. The fourth-order valence-electron chi connectivity index (χ4n) is 2.29. The van der Waals surface area contributed by atoms with Crippen LogP contribution >= 0.6 is 0 Å². The molecule has 0 heterocycles. The maximum absolute atomic E-state index is 13.1. The first kappa shape index (κ1) is 15.1. The molecule has 2 atom stereocenters. The van der Waals surface area contributed by atoms with Crippen LogP contribution in [0.4, 0.5) is 8.78 Å². The molecule has 0 fully saturated rings. The van der Waals surface area contributed by atoms with Crippen molar-refractivity contribution >= 4 is 0 Å². The molecule has 0 radical (unpaired) electrons. The second kappa shape index (κ2) is 7.47. The summed E-state index contributed by atoms with van der Waals surface area (Å²) in [4.78, 5) is 0. The molecule has 1 rings (SSSR count). The van der Waals surface area contributed by atoms with Gasteiger partial charge in [-0.2, -0.15) is 0 Å². The average Bonchev–Trinajstić information content (AvgIpc) is 2.24. The maximum Gasteiger partial charge on any atom is 0.126 e. The maximum atomic E-state index is 13.1. The Morgan fingerprint density at radius 3 is 2.28 bits per heavy atom. The summed E-state index contributed by atoms with van der Waals surface area (Å²) in [6, 6.07) is 4.20.